The minimum atomic E-state index is -1.19. The van der Waals surface area contributed by atoms with Crippen molar-refractivity contribution in [2.75, 3.05) is 16.4 Å². The third kappa shape index (κ3) is 5.66. The zero-order valence-electron chi connectivity index (χ0n) is 18.0. The van der Waals surface area contributed by atoms with Crippen LogP contribution in [0, 0.1) is 17.6 Å². The number of amides is 2. The molecule has 4 rings (SSSR count). The second-order valence-electron chi connectivity index (χ2n) is 8.22. The van der Waals surface area contributed by atoms with E-state index in [4.69, 9.17) is 63.7 Å². The summed E-state index contributed by atoms with van der Waals surface area (Å²) in [5.41, 5.74) is 5.38. The summed E-state index contributed by atoms with van der Waals surface area (Å²) in [6.45, 7) is 0. The lowest BCUT2D eigenvalue weighted by molar-refractivity contribution is -0.116. The summed E-state index contributed by atoms with van der Waals surface area (Å²) in [5, 5.41) is 5.77. The monoisotopic (exact) mass is 591 g/mol. The highest BCUT2D eigenvalue weighted by molar-refractivity contribution is 6.52. The Hall–Kier alpha value is -2.29. The summed E-state index contributed by atoms with van der Waals surface area (Å²) >= 11 is 31.1. The SMILES string of the molecule is Nc1cc(F)c(NC(=O)c2cc(NC(=O)C[C@H]3[C@H](c4cc(Cl)cc(Cl)c4)C3(Cl)Cl)ccc2Cl)cc1F. The zero-order chi connectivity index (χ0) is 26.4. The third-order valence-corrected chi connectivity index (χ3v) is 7.48. The molecule has 0 spiro atoms. The van der Waals surface area contributed by atoms with Crippen LogP contribution in [0.1, 0.15) is 28.3 Å². The van der Waals surface area contributed by atoms with Crippen LogP contribution in [0.4, 0.5) is 25.8 Å². The molecule has 3 aromatic carbocycles. The first-order chi connectivity index (χ1) is 16.9. The van der Waals surface area contributed by atoms with Crippen LogP contribution in [-0.2, 0) is 4.79 Å². The van der Waals surface area contributed by atoms with Gasteiger partial charge in [-0.15, -0.1) is 23.2 Å². The normalized spacial score (nSPS) is 18.0. The van der Waals surface area contributed by atoms with Gasteiger partial charge in [-0.05, 0) is 42.0 Å². The van der Waals surface area contributed by atoms with E-state index < -0.39 is 45.1 Å². The molecule has 1 saturated carbocycles. The molecular weight excluding hydrogens is 578 g/mol. The summed E-state index contributed by atoms with van der Waals surface area (Å²) < 4.78 is 26.6. The molecular formula is C24H16Cl5F2N3O2. The number of halogens is 7. The second-order valence-corrected chi connectivity index (χ2v) is 10.9. The van der Waals surface area contributed by atoms with E-state index in [0.717, 1.165) is 12.1 Å². The summed E-state index contributed by atoms with van der Waals surface area (Å²) in [7, 11) is 0. The summed E-state index contributed by atoms with van der Waals surface area (Å²) in [4.78, 5) is 25.4. The molecule has 4 N–H and O–H groups in total. The molecule has 36 heavy (non-hydrogen) atoms. The van der Waals surface area contributed by atoms with Gasteiger partial charge in [0.25, 0.3) is 5.91 Å². The van der Waals surface area contributed by atoms with E-state index in [1.165, 1.54) is 18.2 Å². The molecule has 0 bridgehead atoms. The molecule has 0 heterocycles. The Morgan fingerprint density at radius 1 is 0.917 bits per heavy atom. The largest absolute Gasteiger partial charge is 0.396 e. The molecule has 12 heteroatoms. The van der Waals surface area contributed by atoms with Gasteiger partial charge in [-0.2, -0.15) is 0 Å². The molecule has 0 radical (unpaired) electrons. The van der Waals surface area contributed by atoms with Crippen molar-refractivity contribution >= 4 is 86.9 Å². The Morgan fingerprint density at radius 3 is 2.25 bits per heavy atom. The molecule has 3 aromatic rings. The predicted octanol–water partition coefficient (Wildman–Crippen LogP) is 7.68. The highest BCUT2D eigenvalue weighted by Crippen LogP contribution is 2.66. The Bertz CT molecular complexity index is 1370. The third-order valence-electron chi connectivity index (χ3n) is 5.68. The first-order valence-corrected chi connectivity index (χ1v) is 12.2. The fourth-order valence-corrected chi connectivity index (χ4v) is 5.47. The van der Waals surface area contributed by atoms with E-state index in [2.05, 4.69) is 10.6 Å². The van der Waals surface area contributed by atoms with Crippen LogP contribution in [0.5, 0.6) is 0 Å². The average Bonchev–Trinajstić information content (AvgIpc) is 3.31. The minimum Gasteiger partial charge on any atom is -0.396 e. The quantitative estimate of drug-likeness (QED) is 0.203. The maximum atomic E-state index is 14.1. The van der Waals surface area contributed by atoms with Gasteiger partial charge in [-0.1, -0.05) is 34.8 Å². The van der Waals surface area contributed by atoms with Gasteiger partial charge in [0.15, 0.2) is 0 Å². The van der Waals surface area contributed by atoms with Crippen molar-refractivity contribution in [3.05, 3.63) is 86.4 Å². The number of nitrogens with one attached hydrogen (secondary N) is 2. The number of carbonyl (C=O) groups is 2. The standard InChI is InChI=1S/C24H16Cl5F2N3O2/c25-11-3-10(4-12(26)5-11)22-15(24(22,28)29)7-21(35)33-13-1-2-16(27)14(6-13)23(36)34-20-9-17(30)19(32)8-18(20)31/h1-6,8-9,15,22H,7,32H2,(H,33,35)(H,34,36)/t15-,22-/m0/s1. The molecule has 5 nitrogen and oxygen atoms in total. The topological polar surface area (TPSA) is 84.2 Å². The van der Waals surface area contributed by atoms with Crippen molar-refractivity contribution in [1.82, 2.24) is 0 Å². The van der Waals surface area contributed by atoms with Crippen molar-refractivity contribution in [2.45, 2.75) is 16.7 Å². The van der Waals surface area contributed by atoms with Crippen molar-refractivity contribution in [1.29, 1.82) is 0 Å². The van der Waals surface area contributed by atoms with E-state index in [1.54, 1.807) is 18.2 Å². The Morgan fingerprint density at radius 2 is 1.58 bits per heavy atom. The molecule has 2 atom stereocenters. The molecule has 2 amide bonds. The summed E-state index contributed by atoms with van der Waals surface area (Å²) in [6, 6.07) is 10.6. The highest BCUT2D eigenvalue weighted by Gasteiger charge is 2.64. The summed E-state index contributed by atoms with van der Waals surface area (Å²) in [5.74, 6) is -3.82. The van der Waals surface area contributed by atoms with Crippen molar-refractivity contribution in [3.8, 4) is 0 Å². The number of nitrogens with two attached hydrogens (primary N) is 1. The molecule has 0 saturated heterocycles. The van der Waals surface area contributed by atoms with Gasteiger partial charge in [-0.25, -0.2) is 8.78 Å². The highest BCUT2D eigenvalue weighted by atomic mass is 35.5. The van der Waals surface area contributed by atoms with E-state index >= 15 is 0 Å². The smallest absolute Gasteiger partial charge is 0.257 e. The van der Waals surface area contributed by atoms with Crippen LogP contribution in [0.25, 0.3) is 0 Å². The first kappa shape index (κ1) is 26.8. The van der Waals surface area contributed by atoms with Crippen LogP contribution in [0.3, 0.4) is 0 Å². The predicted molar refractivity (Wildman–Crippen MR) is 141 cm³/mol. The second kappa shape index (κ2) is 10.2. The van der Waals surface area contributed by atoms with Gasteiger partial charge in [0.2, 0.25) is 5.91 Å². The lowest BCUT2D eigenvalue weighted by atomic mass is 10.1. The lowest BCUT2D eigenvalue weighted by Gasteiger charge is -2.11. The van der Waals surface area contributed by atoms with Crippen LogP contribution < -0.4 is 16.4 Å². The van der Waals surface area contributed by atoms with Crippen LogP contribution in [-0.4, -0.2) is 16.1 Å². The zero-order valence-corrected chi connectivity index (χ0v) is 21.8. The van der Waals surface area contributed by atoms with Gasteiger partial charge < -0.3 is 16.4 Å². The number of alkyl halides is 2. The van der Waals surface area contributed by atoms with E-state index in [1.807, 2.05) is 0 Å². The molecule has 1 fully saturated rings. The maximum absolute atomic E-state index is 14.1. The average molecular weight is 594 g/mol. The van der Waals surface area contributed by atoms with Crippen LogP contribution in [0.15, 0.2) is 48.5 Å². The number of hydrogen-bond donors (Lipinski definition) is 3. The van der Waals surface area contributed by atoms with Crippen molar-refractivity contribution in [2.24, 2.45) is 5.92 Å². The van der Waals surface area contributed by atoms with Crippen molar-refractivity contribution < 1.29 is 18.4 Å². The Kier molecular flexibility index (Phi) is 7.60. The minimum absolute atomic E-state index is 0.0259. The number of hydrogen-bond acceptors (Lipinski definition) is 3. The molecule has 0 unspecified atom stereocenters. The number of carbonyl (C=O) groups excluding carboxylic acids is 2. The Balaban J connectivity index is 1.45. The van der Waals surface area contributed by atoms with Gasteiger partial charge >= 0.3 is 0 Å². The van der Waals surface area contributed by atoms with Crippen molar-refractivity contribution in [3.63, 3.8) is 0 Å². The molecule has 1 aliphatic rings. The maximum Gasteiger partial charge on any atom is 0.257 e. The van der Waals surface area contributed by atoms with Gasteiger partial charge in [0.05, 0.1) is 22.0 Å². The lowest BCUT2D eigenvalue weighted by Crippen LogP contribution is -2.16. The Labute approximate surface area is 229 Å². The summed E-state index contributed by atoms with van der Waals surface area (Å²) in [6.07, 6.45) is -0.0259. The molecule has 0 aliphatic heterocycles. The van der Waals surface area contributed by atoms with Gasteiger partial charge in [0, 0.05) is 46.1 Å². The molecule has 1 aliphatic carbocycles. The first-order valence-electron chi connectivity index (χ1n) is 10.4. The number of nitrogen functional groups attached to an aromatic ring is 1. The van der Waals surface area contributed by atoms with Crippen LogP contribution in [0.2, 0.25) is 15.1 Å². The van der Waals surface area contributed by atoms with Crippen LogP contribution >= 0.6 is 58.0 Å². The fraction of sp³-hybridized carbons (Fsp3) is 0.167. The van der Waals surface area contributed by atoms with Gasteiger partial charge in [0.1, 0.15) is 16.0 Å². The van der Waals surface area contributed by atoms with Gasteiger partial charge in [-0.3, -0.25) is 9.59 Å². The number of benzene rings is 3. The van der Waals surface area contributed by atoms with E-state index in [0.29, 0.717) is 15.6 Å². The van der Waals surface area contributed by atoms with E-state index in [-0.39, 0.29) is 28.6 Å². The number of rotatable bonds is 6. The molecule has 0 aromatic heterocycles. The molecule has 188 valence electrons. The fourth-order valence-electron chi connectivity index (χ4n) is 3.89. The number of anilines is 3. The van der Waals surface area contributed by atoms with E-state index in [9.17, 15) is 18.4 Å².